The highest BCUT2D eigenvalue weighted by Crippen LogP contribution is 2.15. The van der Waals surface area contributed by atoms with Crippen molar-refractivity contribution in [1.29, 1.82) is 0 Å². The molecule has 4 N–H and O–H groups in total. The average Bonchev–Trinajstić information content (AvgIpc) is 2.25. The third-order valence-corrected chi connectivity index (χ3v) is 3.00. The van der Waals surface area contributed by atoms with E-state index in [1.54, 1.807) is 7.05 Å². The fraction of sp³-hybridized carbons (Fsp3) is 0.818. The summed E-state index contributed by atoms with van der Waals surface area (Å²) in [4.78, 5) is 23.2. The molecule has 0 radical (unpaired) electrons. The van der Waals surface area contributed by atoms with Crippen molar-refractivity contribution in [3.8, 4) is 0 Å². The van der Waals surface area contributed by atoms with Gasteiger partial charge in [-0.2, -0.15) is 0 Å². The Hall–Kier alpha value is -1.10. The normalized spacial score (nSPS) is 13.2. The van der Waals surface area contributed by atoms with Crippen LogP contribution in [0.15, 0.2) is 0 Å². The van der Waals surface area contributed by atoms with Crippen LogP contribution >= 0.6 is 0 Å². The van der Waals surface area contributed by atoms with Gasteiger partial charge in [-0.05, 0) is 19.9 Å². The van der Waals surface area contributed by atoms with Crippen LogP contribution in [0, 0.1) is 5.92 Å². The van der Waals surface area contributed by atoms with Crippen LogP contribution in [-0.2, 0) is 9.59 Å². The summed E-state index contributed by atoms with van der Waals surface area (Å²) in [7, 11) is 1.78. The quantitative estimate of drug-likeness (QED) is 0.574. The van der Waals surface area contributed by atoms with Crippen molar-refractivity contribution >= 4 is 11.8 Å². The Labute approximate surface area is 97.2 Å². The Morgan fingerprint density at radius 3 is 2.12 bits per heavy atom. The van der Waals surface area contributed by atoms with Gasteiger partial charge in [0, 0.05) is 12.5 Å². The number of carbonyl (C=O) groups is 2. The van der Waals surface area contributed by atoms with Crippen LogP contribution in [0.3, 0.4) is 0 Å². The highest BCUT2D eigenvalue weighted by atomic mass is 16.2. The van der Waals surface area contributed by atoms with Gasteiger partial charge in [-0.3, -0.25) is 9.59 Å². The van der Waals surface area contributed by atoms with E-state index in [2.05, 4.69) is 10.6 Å². The molecular weight excluding hydrogens is 206 g/mol. The largest absolute Gasteiger partial charge is 0.368 e. The van der Waals surface area contributed by atoms with Crippen molar-refractivity contribution in [3.05, 3.63) is 0 Å². The first-order valence-corrected chi connectivity index (χ1v) is 5.70. The van der Waals surface area contributed by atoms with Crippen LogP contribution in [0.25, 0.3) is 0 Å². The van der Waals surface area contributed by atoms with E-state index in [4.69, 9.17) is 5.73 Å². The molecule has 94 valence electrons. The van der Waals surface area contributed by atoms with Crippen LogP contribution in [0.5, 0.6) is 0 Å². The molecule has 2 amide bonds. The van der Waals surface area contributed by atoms with Gasteiger partial charge in [0.25, 0.3) is 0 Å². The van der Waals surface area contributed by atoms with E-state index >= 15 is 0 Å². The molecule has 0 bridgehead atoms. The Bertz CT molecular complexity index is 250. The second kappa shape index (κ2) is 6.48. The topological polar surface area (TPSA) is 84.2 Å². The maximum absolute atomic E-state index is 11.8. The number of amides is 2. The van der Waals surface area contributed by atoms with E-state index in [0.717, 1.165) is 0 Å². The van der Waals surface area contributed by atoms with Gasteiger partial charge in [0.1, 0.15) is 5.54 Å². The first-order valence-electron chi connectivity index (χ1n) is 5.70. The zero-order chi connectivity index (χ0) is 12.8. The Morgan fingerprint density at radius 2 is 1.81 bits per heavy atom. The van der Waals surface area contributed by atoms with Gasteiger partial charge < -0.3 is 16.4 Å². The highest BCUT2D eigenvalue weighted by Gasteiger charge is 2.35. The smallest absolute Gasteiger partial charge is 0.243 e. The van der Waals surface area contributed by atoms with Crippen molar-refractivity contribution in [2.45, 2.75) is 39.2 Å². The monoisotopic (exact) mass is 229 g/mol. The van der Waals surface area contributed by atoms with Crippen LogP contribution in [0.2, 0.25) is 0 Å². The zero-order valence-corrected chi connectivity index (χ0v) is 10.6. The molecule has 0 saturated heterocycles. The number of nitrogens with one attached hydrogen (secondary N) is 2. The molecule has 5 heteroatoms. The highest BCUT2D eigenvalue weighted by molar-refractivity contribution is 5.91. The van der Waals surface area contributed by atoms with Gasteiger partial charge in [0.15, 0.2) is 0 Å². The number of hydrogen-bond acceptors (Lipinski definition) is 3. The second-order valence-electron chi connectivity index (χ2n) is 4.10. The predicted octanol–water partition coefficient (Wildman–Crippen LogP) is 0.00220. The van der Waals surface area contributed by atoms with Crippen LogP contribution in [0.1, 0.15) is 33.6 Å². The molecule has 1 atom stereocenters. The molecule has 0 rings (SSSR count). The van der Waals surface area contributed by atoms with E-state index in [9.17, 15) is 9.59 Å². The summed E-state index contributed by atoms with van der Waals surface area (Å²) in [5.74, 6) is -0.791. The van der Waals surface area contributed by atoms with Crippen molar-refractivity contribution in [2.75, 3.05) is 13.6 Å². The summed E-state index contributed by atoms with van der Waals surface area (Å²) in [5.41, 5.74) is 4.44. The minimum Gasteiger partial charge on any atom is -0.368 e. The lowest BCUT2D eigenvalue weighted by Crippen LogP contribution is -2.58. The molecule has 0 aliphatic carbocycles. The Balaban J connectivity index is 4.64. The number of carbonyl (C=O) groups excluding carboxylic acids is 2. The van der Waals surface area contributed by atoms with Crippen LogP contribution in [-0.4, -0.2) is 30.9 Å². The van der Waals surface area contributed by atoms with Gasteiger partial charge in [-0.1, -0.05) is 20.8 Å². The maximum Gasteiger partial charge on any atom is 0.243 e. The zero-order valence-electron chi connectivity index (χ0n) is 10.6. The van der Waals surface area contributed by atoms with E-state index in [-0.39, 0.29) is 11.8 Å². The van der Waals surface area contributed by atoms with Gasteiger partial charge >= 0.3 is 0 Å². The number of nitrogens with two attached hydrogens (primary N) is 1. The lowest BCUT2D eigenvalue weighted by Gasteiger charge is -2.30. The van der Waals surface area contributed by atoms with Crippen LogP contribution in [0.4, 0.5) is 0 Å². The van der Waals surface area contributed by atoms with Gasteiger partial charge in [-0.15, -0.1) is 0 Å². The number of primary amides is 1. The fourth-order valence-electron chi connectivity index (χ4n) is 1.59. The van der Waals surface area contributed by atoms with Crippen LogP contribution < -0.4 is 16.4 Å². The summed E-state index contributed by atoms with van der Waals surface area (Å²) in [6.45, 7) is 6.07. The van der Waals surface area contributed by atoms with Crippen molar-refractivity contribution < 1.29 is 9.59 Å². The van der Waals surface area contributed by atoms with Crippen molar-refractivity contribution in [2.24, 2.45) is 11.7 Å². The Kier molecular flexibility index (Phi) is 6.03. The SMILES string of the molecule is CCC(CC)(NC(=O)C(C)CNC)C(N)=O. The van der Waals surface area contributed by atoms with E-state index < -0.39 is 11.4 Å². The van der Waals surface area contributed by atoms with Crippen molar-refractivity contribution in [1.82, 2.24) is 10.6 Å². The molecule has 0 aliphatic rings. The third-order valence-electron chi connectivity index (χ3n) is 3.00. The minimum absolute atomic E-state index is 0.142. The molecule has 16 heavy (non-hydrogen) atoms. The molecule has 0 saturated carbocycles. The van der Waals surface area contributed by atoms with Gasteiger partial charge in [0.05, 0.1) is 0 Å². The van der Waals surface area contributed by atoms with Crippen molar-refractivity contribution in [3.63, 3.8) is 0 Å². The summed E-state index contributed by atoms with van der Waals surface area (Å²) in [6, 6.07) is 0. The van der Waals surface area contributed by atoms with Gasteiger partial charge in [0.2, 0.25) is 11.8 Å². The maximum atomic E-state index is 11.8. The molecule has 5 nitrogen and oxygen atoms in total. The lowest BCUT2D eigenvalue weighted by molar-refractivity contribution is -0.133. The molecule has 0 heterocycles. The Morgan fingerprint density at radius 1 is 1.31 bits per heavy atom. The molecule has 0 aliphatic heterocycles. The third kappa shape index (κ3) is 3.48. The number of rotatable bonds is 7. The predicted molar refractivity (Wildman–Crippen MR) is 63.7 cm³/mol. The summed E-state index contributed by atoms with van der Waals surface area (Å²) in [6.07, 6.45) is 1.02. The summed E-state index contributed by atoms with van der Waals surface area (Å²) < 4.78 is 0. The standard InChI is InChI=1S/C11H23N3O2/c1-5-11(6-2,10(12)16)14-9(15)8(3)7-13-4/h8,13H,5-7H2,1-4H3,(H2,12,16)(H,14,15). The van der Waals surface area contributed by atoms with Gasteiger partial charge in [-0.25, -0.2) is 0 Å². The molecule has 0 spiro atoms. The molecule has 0 aromatic rings. The van der Waals surface area contributed by atoms with E-state index in [0.29, 0.717) is 19.4 Å². The minimum atomic E-state index is -0.904. The summed E-state index contributed by atoms with van der Waals surface area (Å²) in [5, 5.41) is 5.68. The molecule has 0 aromatic carbocycles. The molecule has 0 aromatic heterocycles. The first kappa shape index (κ1) is 14.9. The second-order valence-corrected chi connectivity index (χ2v) is 4.10. The number of hydrogen-bond donors (Lipinski definition) is 3. The molecule has 0 fully saturated rings. The fourth-order valence-corrected chi connectivity index (χ4v) is 1.59. The molecular formula is C11H23N3O2. The van der Waals surface area contributed by atoms with E-state index in [1.807, 2.05) is 20.8 Å². The summed E-state index contributed by atoms with van der Waals surface area (Å²) >= 11 is 0. The first-order chi connectivity index (χ1) is 7.43. The molecule has 1 unspecified atom stereocenters. The lowest BCUT2D eigenvalue weighted by atomic mass is 9.91. The van der Waals surface area contributed by atoms with E-state index in [1.165, 1.54) is 0 Å². The average molecular weight is 229 g/mol.